The molecule has 1 heterocycles. The standard InChI is InChI=1S/C15H13NO2/c1-3-7-12-13(4-2)16-15(18)11-9-6-5-8-10(11)14(12)17/h3-9H,2H2,1H3,(H,16,18)/b7-3-. The smallest absolute Gasteiger partial charge is 0.256 e. The summed E-state index contributed by atoms with van der Waals surface area (Å²) in [5, 5.41) is 0.807. The number of hydrogen-bond acceptors (Lipinski definition) is 2. The van der Waals surface area contributed by atoms with Gasteiger partial charge in [0, 0.05) is 10.9 Å². The predicted octanol–water partition coefficient (Wildman–Crippen LogP) is 2.56. The number of fused-ring (bicyclic) bond motifs is 1. The molecule has 2 aromatic rings. The van der Waals surface area contributed by atoms with E-state index in [9.17, 15) is 9.59 Å². The van der Waals surface area contributed by atoms with Gasteiger partial charge in [-0.3, -0.25) is 9.59 Å². The van der Waals surface area contributed by atoms with Gasteiger partial charge in [0.2, 0.25) is 0 Å². The molecule has 0 amide bonds. The highest BCUT2D eigenvalue weighted by atomic mass is 16.1. The number of aromatic nitrogens is 1. The SMILES string of the molecule is C=Cc1[nH]c(=O)c2ccccc2c(=O)c1/C=C\C. The third-order valence-electron chi connectivity index (χ3n) is 2.74. The molecule has 0 bridgehead atoms. The summed E-state index contributed by atoms with van der Waals surface area (Å²) >= 11 is 0. The van der Waals surface area contributed by atoms with Crippen molar-refractivity contribution in [2.45, 2.75) is 6.92 Å². The molecule has 0 aliphatic carbocycles. The number of rotatable bonds is 2. The average molecular weight is 239 g/mol. The van der Waals surface area contributed by atoms with Crippen LogP contribution in [0.3, 0.4) is 0 Å². The first kappa shape index (κ1) is 12.0. The predicted molar refractivity (Wildman–Crippen MR) is 75.6 cm³/mol. The van der Waals surface area contributed by atoms with Crippen molar-refractivity contribution in [3.8, 4) is 0 Å². The fraction of sp³-hybridized carbons (Fsp3) is 0.0667. The van der Waals surface area contributed by atoms with Gasteiger partial charge in [-0.15, -0.1) is 0 Å². The zero-order valence-electron chi connectivity index (χ0n) is 10.1. The molecular weight excluding hydrogens is 226 g/mol. The van der Waals surface area contributed by atoms with Crippen LogP contribution in [-0.4, -0.2) is 4.98 Å². The van der Waals surface area contributed by atoms with Crippen LogP contribution in [0.15, 0.2) is 46.5 Å². The van der Waals surface area contributed by atoms with Crippen LogP contribution in [-0.2, 0) is 0 Å². The van der Waals surface area contributed by atoms with Crippen LogP contribution in [0, 0.1) is 0 Å². The van der Waals surface area contributed by atoms with Crippen molar-refractivity contribution in [2.24, 2.45) is 0 Å². The molecule has 18 heavy (non-hydrogen) atoms. The van der Waals surface area contributed by atoms with Gasteiger partial charge in [-0.1, -0.05) is 36.9 Å². The summed E-state index contributed by atoms with van der Waals surface area (Å²) in [4.78, 5) is 27.1. The van der Waals surface area contributed by atoms with Crippen LogP contribution in [0.4, 0.5) is 0 Å². The molecule has 90 valence electrons. The van der Waals surface area contributed by atoms with E-state index in [0.29, 0.717) is 22.0 Å². The van der Waals surface area contributed by atoms with Crippen LogP contribution in [0.5, 0.6) is 0 Å². The van der Waals surface area contributed by atoms with E-state index in [4.69, 9.17) is 0 Å². The molecule has 0 atom stereocenters. The molecule has 3 nitrogen and oxygen atoms in total. The van der Waals surface area contributed by atoms with E-state index in [1.54, 1.807) is 36.4 Å². The maximum Gasteiger partial charge on any atom is 0.256 e. The van der Waals surface area contributed by atoms with E-state index >= 15 is 0 Å². The van der Waals surface area contributed by atoms with E-state index in [2.05, 4.69) is 11.6 Å². The van der Waals surface area contributed by atoms with Gasteiger partial charge in [0.05, 0.1) is 11.1 Å². The van der Waals surface area contributed by atoms with Gasteiger partial charge in [0.15, 0.2) is 5.43 Å². The first-order valence-corrected chi connectivity index (χ1v) is 5.63. The quantitative estimate of drug-likeness (QED) is 0.875. The van der Waals surface area contributed by atoms with E-state index in [-0.39, 0.29) is 11.0 Å². The molecule has 2 rings (SSSR count). The monoisotopic (exact) mass is 239 g/mol. The maximum atomic E-state index is 12.4. The summed E-state index contributed by atoms with van der Waals surface area (Å²) in [6.45, 7) is 5.45. The molecule has 0 aliphatic heterocycles. The van der Waals surface area contributed by atoms with Crippen LogP contribution in [0.25, 0.3) is 22.9 Å². The largest absolute Gasteiger partial charge is 0.321 e. The Morgan fingerprint density at radius 3 is 2.44 bits per heavy atom. The highest BCUT2D eigenvalue weighted by Gasteiger charge is 2.07. The van der Waals surface area contributed by atoms with E-state index < -0.39 is 0 Å². The van der Waals surface area contributed by atoms with Crippen LogP contribution in [0.1, 0.15) is 18.2 Å². The maximum absolute atomic E-state index is 12.4. The molecule has 3 heteroatoms. The Labute approximate surface area is 104 Å². The Balaban J connectivity index is 3.15. The highest BCUT2D eigenvalue weighted by molar-refractivity contribution is 5.83. The minimum Gasteiger partial charge on any atom is -0.321 e. The van der Waals surface area contributed by atoms with E-state index in [1.807, 2.05) is 6.92 Å². The van der Waals surface area contributed by atoms with Gasteiger partial charge in [-0.2, -0.15) is 0 Å². The highest BCUT2D eigenvalue weighted by Crippen LogP contribution is 2.08. The van der Waals surface area contributed by atoms with E-state index in [1.165, 1.54) is 6.08 Å². The third kappa shape index (κ3) is 1.91. The Morgan fingerprint density at radius 1 is 1.17 bits per heavy atom. The number of aromatic amines is 1. The van der Waals surface area contributed by atoms with Gasteiger partial charge in [0.1, 0.15) is 0 Å². The Hall–Kier alpha value is -2.42. The number of benzene rings is 1. The third-order valence-corrected chi connectivity index (χ3v) is 2.74. The zero-order valence-corrected chi connectivity index (χ0v) is 10.1. The summed E-state index contributed by atoms with van der Waals surface area (Å²) in [6, 6.07) is 6.78. The van der Waals surface area contributed by atoms with Crippen LogP contribution >= 0.6 is 0 Å². The number of nitrogens with one attached hydrogen (secondary N) is 1. The fourth-order valence-electron chi connectivity index (χ4n) is 1.90. The van der Waals surface area contributed by atoms with Gasteiger partial charge < -0.3 is 4.98 Å². The van der Waals surface area contributed by atoms with Crippen molar-refractivity contribution < 1.29 is 0 Å². The molecule has 0 unspecified atom stereocenters. The molecule has 0 fully saturated rings. The first-order chi connectivity index (χ1) is 8.69. The molecule has 1 aromatic carbocycles. The summed E-state index contributed by atoms with van der Waals surface area (Å²) in [6.07, 6.45) is 4.93. The Kier molecular flexibility index (Phi) is 3.24. The molecule has 1 aromatic heterocycles. The normalized spacial score (nSPS) is 10.9. The lowest BCUT2D eigenvalue weighted by Crippen LogP contribution is -2.03. The Morgan fingerprint density at radius 2 is 1.83 bits per heavy atom. The number of hydrogen-bond donors (Lipinski definition) is 1. The van der Waals surface area contributed by atoms with Gasteiger partial charge in [0.25, 0.3) is 5.56 Å². The zero-order chi connectivity index (χ0) is 13.1. The molecule has 0 saturated carbocycles. The van der Waals surface area contributed by atoms with Crippen molar-refractivity contribution >= 4 is 22.9 Å². The van der Waals surface area contributed by atoms with Gasteiger partial charge in [-0.25, -0.2) is 0 Å². The van der Waals surface area contributed by atoms with Crippen molar-refractivity contribution in [3.05, 3.63) is 68.8 Å². The molecule has 0 spiro atoms. The lowest BCUT2D eigenvalue weighted by molar-refractivity contribution is 1.26. The van der Waals surface area contributed by atoms with Crippen molar-refractivity contribution in [1.29, 1.82) is 0 Å². The number of H-pyrrole nitrogens is 1. The van der Waals surface area contributed by atoms with Crippen molar-refractivity contribution in [3.63, 3.8) is 0 Å². The molecule has 0 saturated heterocycles. The summed E-state index contributed by atoms with van der Waals surface area (Å²) in [7, 11) is 0. The minimum atomic E-state index is -0.284. The van der Waals surface area contributed by atoms with Gasteiger partial charge in [-0.05, 0) is 19.1 Å². The van der Waals surface area contributed by atoms with Gasteiger partial charge >= 0.3 is 0 Å². The number of allylic oxidation sites excluding steroid dienone is 1. The lowest BCUT2D eigenvalue weighted by Gasteiger charge is -1.93. The van der Waals surface area contributed by atoms with Crippen LogP contribution in [0.2, 0.25) is 0 Å². The first-order valence-electron chi connectivity index (χ1n) is 5.63. The van der Waals surface area contributed by atoms with Crippen LogP contribution < -0.4 is 11.0 Å². The van der Waals surface area contributed by atoms with Crippen molar-refractivity contribution in [1.82, 2.24) is 4.98 Å². The topological polar surface area (TPSA) is 49.9 Å². The van der Waals surface area contributed by atoms with E-state index in [0.717, 1.165) is 0 Å². The summed E-state index contributed by atoms with van der Waals surface area (Å²) in [5.74, 6) is 0. The second kappa shape index (κ2) is 4.84. The molecule has 1 N–H and O–H groups in total. The molecule has 0 aliphatic rings. The average Bonchev–Trinajstić information content (AvgIpc) is 2.50. The lowest BCUT2D eigenvalue weighted by atomic mass is 10.1. The second-order valence-corrected chi connectivity index (χ2v) is 3.86. The molecular formula is C15H13NO2. The summed E-state index contributed by atoms with van der Waals surface area (Å²) in [5.41, 5.74) is 0.440. The molecule has 0 radical (unpaired) electrons. The summed E-state index contributed by atoms with van der Waals surface area (Å²) < 4.78 is 0. The Bertz CT molecular complexity index is 754. The second-order valence-electron chi connectivity index (χ2n) is 3.86. The minimum absolute atomic E-state index is 0.169. The van der Waals surface area contributed by atoms with Crippen molar-refractivity contribution in [2.75, 3.05) is 0 Å². The fourth-order valence-corrected chi connectivity index (χ4v) is 1.90.